The van der Waals surface area contributed by atoms with E-state index in [0.717, 1.165) is 24.6 Å². The summed E-state index contributed by atoms with van der Waals surface area (Å²) in [6.07, 6.45) is -1.41. The zero-order chi connectivity index (χ0) is 25.3. The molecule has 3 aromatic rings. The van der Waals surface area contributed by atoms with Gasteiger partial charge in [0.1, 0.15) is 5.71 Å². The van der Waals surface area contributed by atoms with Crippen LogP contribution >= 0.6 is 0 Å². The lowest BCUT2D eigenvalue weighted by Gasteiger charge is -2.23. The topological polar surface area (TPSA) is 133 Å². The molecule has 1 aromatic carbocycles. The number of halogens is 3. The summed E-state index contributed by atoms with van der Waals surface area (Å²) in [6.45, 7) is 0.885. The van der Waals surface area contributed by atoms with Crippen molar-refractivity contribution < 1.29 is 22.8 Å². The summed E-state index contributed by atoms with van der Waals surface area (Å²) < 4.78 is 40.1. The van der Waals surface area contributed by atoms with Crippen molar-refractivity contribution in [3.05, 3.63) is 40.8 Å². The number of aromatic nitrogens is 3. The molecule has 0 spiro atoms. The van der Waals surface area contributed by atoms with Crippen LogP contribution in [0.25, 0.3) is 27.4 Å². The molecule has 0 atom stereocenters. The quantitative estimate of drug-likeness (QED) is 0.229. The molecule has 0 saturated carbocycles. The molecule has 35 heavy (non-hydrogen) atoms. The molecule has 12 heteroatoms. The van der Waals surface area contributed by atoms with Gasteiger partial charge in [0.25, 0.3) is 5.91 Å². The summed E-state index contributed by atoms with van der Waals surface area (Å²) in [5, 5.41) is 15.9. The Kier molecular flexibility index (Phi) is 6.77. The number of hydroxylamine groups is 1. The number of carbonyl (C=O) groups excluding carboxylic acids is 1. The third-order valence-electron chi connectivity index (χ3n) is 5.99. The number of allylic oxidation sites excluding steroid dienone is 1. The number of hydrogen-bond donors (Lipinski definition) is 4. The fraction of sp³-hybridized carbons (Fsp3) is 0.391. The number of nitrogens with two attached hydrogens (primary N) is 1. The van der Waals surface area contributed by atoms with E-state index in [2.05, 4.69) is 20.7 Å². The van der Waals surface area contributed by atoms with Gasteiger partial charge in [-0.2, -0.15) is 18.3 Å². The smallest absolute Gasteiger partial charge is 0.404 e. The van der Waals surface area contributed by atoms with Crippen molar-refractivity contribution in [2.45, 2.75) is 31.9 Å². The van der Waals surface area contributed by atoms with Crippen molar-refractivity contribution in [2.75, 3.05) is 27.2 Å². The molecule has 4 rings (SSSR count). The molecule has 0 unspecified atom stereocenters. The van der Waals surface area contributed by atoms with Gasteiger partial charge < -0.3 is 10.6 Å². The van der Waals surface area contributed by atoms with Gasteiger partial charge in [-0.25, -0.2) is 10.5 Å². The van der Waals surface area contributed by atoms with E-state index in [0.29, 0.717) is 46.8 Å². The highest BCUT2D eigenvalue weighted by Gasteiger charge is 2.39. The zero-order valence-electron chi connectivity index (χ0n) is 19.3. The van der Waals surface area contributed by atoms with Crippen LogP contribution in [0.3, 0.4) is 0 Å². The van der Waals surface area contributed by atoms with Crippen LogP contribution in [0.2, 0.25) is 0 Å². The molecule has 1 aliphatic carbocycles. The normalized spacial score (nSPS) is 14.5. The van der Waals surface area contributed by atoms with E-state index in [-0.39, 0.29) is 18.0 Å². The summed E-state index contributed by atoms with van der Waals surface area (Å²) in [4.78, 5) is 24.6. The van der Waals surface area contributed by atoms with Gasteiger partial charge in [-0.1, -0.05) is 0 Å². The van der Waals surface area contributed by atoms with Crippen molar-refractivity contribution in [3.8, 4) is 0 Å². The molecule has 0 bridgehead atoms. The first-order valence-electron chi connectivity index (χ1n) is 11.1. The number of benzene rings is 1. The second-order valence-corrected chi connectivity index (χ2v) is 8.62. The first kappa shape index (κ1) is 24.6. The Morgan fingerprint density at radius 2 is 1.94 bits per heavy atom. The molecule has 0 radical (unpaired) electrons. The fourth-order valence-electron chi connectivity index (χ4n) is 4.35. The number of carbonyl (C=O) groups is 1. The highest BCUT2D eigenvalue weighted by Crippen LogP contribution is 2.38. The van der Waals surface area contributed by atoms with E-state index in [4.69, 9.17) is 16.0 Å². The lowest BCUT2D eigenvalue weighted by molar-refractivity contribution is -0.0578. The average molecular weight is 490 g/mol. The predicted octanol–water partition coefficient (Wildman–Crippen LogP) is 3.09. The Bertz CT molecular complexity index is 1330. The number of hydrogen-bond acceptors (Lipinski definition) is 7. The molecule has 186 valence electrons. The van der Waals surface area contributed by atoms with Crippen LogP contribution < -0.4 is 11.2 Å². The Morgan fingerprint density at radius 1 is 1.23 bits per heavy atom. The lowest BCUT2D eigenvalue weighted by Crippen LogP contribution is -2.28. The average Bonchev–Trinajstić information content (AvgIpc) is 3.25. The van der Waals surface area contributed by atoms with E-state index in [9.17, 15) is 18.0 Å². The molecule has 0 aliphatic heterocycles. The number of rotatable bonds is 7. The highest BCUT2D eigenvalue weighted by atomic mass is 19.4. The number of H-pyrrole nitrogens is 1. The van der Waals surface area contributed by atoms with Crippen LogP contribution in [0, 0.1) is 5.41 Å². The van der Waals surface area contributed by atoms with Crippen molar-refractivity contribution in [2.24, 2.45) is 5.73 Å². The third kappa shape index (κ3) is 4.71. The SMILES string of the molecule is CN(C)CCONC(=O)c1n[nH]c2ccc3nc(/C(=C/N)C(=N)C(F)(F)F)c4c(c3c12)CCCC4. The van der Waals surface area contributed by atoms with Crippen LogP contribution in [0.5, 0.6) is 0 Å². The number of amides is 1. The van der Waals surface area contributed by atoms with Crippen molar-refractivity contribution in [1.82, 2.24) is 25.6 Å². The molecule has 5 N–H and O–H groups in total. The maximum atomic E-state index is 13.4. The van der Waals surface area contributed by atoms with E-state index in [1.807, 2.05) is 19.0 Å². The van der Waals surface area contributed by atoms with Crippen molar-refractivity contribution in [1.29, 1.82) is 5.41 Å². The molecular weight excluding hydrogens is 463 g/mol. The molecule has 1 aliphatic rings. The van der Waals surface area contributed by atoms with Crippen LogP contribution in [-0.4, -0.2) is 65.1 Å². The van der Waals surface area contributed by atoms with Crippen LogP contribution in [-0.2, 0) is 17.7 Å². The first-order chi connectivity index (χ1) is 16.6. The Labute approximate surface area is 199 Å². The van der Waals surface area contributed by atoms with Gasteiger partial charge >= 0.3 is 6.18 Å². The highest BCUT2D eigenvalue weighted by molar-refractivity contribution is 6.25. The lowest BCUT2D eigenvalue weighted by atomic mass is 9.84. The molecule has 9 nitrogen and oxygen atoms in total. The number of likely N-dealkylation sites (N-methyl/N-ethyl adjacent to an activating group) is 1. The number of aryl methyl sites for hydroxylation is 1. The minimum atomic E-state index is -4.87. The van der Waals surface area contributed by atoms with Crippen molar-refractivity contribution >= 4 is 39.0 Å². The van der Waals surface area contributed by atoms with Gasteiger partial charge in [0, 0.05) is 29.1 Å². The van der Waals surface area contributed by atoms with E-state index in [1.165, 1.54) is 0 Å². The monoisotopic (exact) mass is 489 g/mol. The van der Waals surface area contributed by atoms with Crippen LogP contribution in [0.4, 0.5) is 13.2 Å². The van der Waals surface area contributed by atoms with E-state index >= 15 is 0 Å². The predicted molar refractivity (Wildman–Crippen MR) is 126 cm³/mol. The Morgan fingerprint density at radius 3 is 2.60 bits per heavy atom. The summed E-state index contributed by atoms with van der Waals surface area (Å²) >= 11 is 0. The van der Waals surface area contributed by atoms with Gasteiger partial charge in [-0.05, 0) is 63.0 Å². The van der Waals surface area contributed by atoms with Gasteiger partial charge in [0.15, 0.2) is 5.69 Å². The second kappa shape index (κ2) is 9.62. The maximum Gasteiger partial charge on any atom is 0.433 e. The number of aromatic amines is 1. The Balaban J connectivity index is 1.86. The number of pyridine rings is 1. The van der Waals surface area contributed by atoms with Gasteiger partial charge in [-0.3, -0.25) is 20.1 Å². The largest absolute Gasteiger partial charge is 0.433 e. The molecule has 0 fully saturated rings. The summed E-state index contributed by atoms with van der Waals surface area (Å²) in [6, 6.07) is 3.33. The molecule has 2 heterocycles. The van der Waals surface area contributed by atoms with Crippen LogP contribution in [0.15, 0.2) is 18.3 Å². The number of alkyl halides is 3. The minimum Gasteiger partial charge on any atom is -0.404 e. The Hall–Kier alpha value is -3.51. The number of fused-ring (bicyclic) bond motifs is 5. The summed E-state index contributed by atoms with van der Waals surface area (Å²) in [7, 11) is 3.76. The number of nitrogens with zero attached hydrogens (tertiary/aromatic N) is 3. The van der Waals surface area contributed by atoms with E-state index in [1.54, 1.807) is 12.1 Å². The van der Waals surface area contributed by atoms with Gasteiger partial charge in [0.2, 0.25) is 0 Å². The number of nitrogens with one attached hydrogen (secondary N) is 3. The molecular formula is C23H26F3N7O2. The second-order valence-electron chi connectivity index (χ2n) is 8.62. The molecule has 0 saturated heterocycles. The fourth-order valence-corrected chi connectivity index (χ4v) is 4.35. The van der Waals surface area contributed by atoms with Crippen molar-refractivity contribution in [3.63, 3.8) is 0 Å². The summed E-state index contributed by atoms with van der Waals surface area (Å²) in [5.41, 5.74) is 8.51. The zero-order valence-corrected chi connectivity index (χ0v) is 19.3. The summed E-state index contributed by atoms with van der Waals surface area (Å²) in [5.74, 6) is -0.544. The minimum absolute atomic E-state index is 0.0536. The standard InChI is InChI=1S/C23H26F3N7O2/c1-33(2)9-10-35-32-22(34)20-18-16(30-31-20)8-7-15-17(18)12-5-3-4-6-13(12)19(29-15)14(11-27)21(28)23(24,25)26/h7-8,11,28H,3-6,9-10,27H2,1-2H3,(H,30,31)(H,32,34)/b14-11-,28-21?. The van der Waals surface area contributed by atoms with Gasteiger partial charge in [0.05, 0.1) is 23.3 Å². The first-order valence-corrected chi connectivity index (χ1v) is 11.1. The third-order valence-corrected chi connectivity index (χ3v) is 5.99. The van der Waals surface area contributed by atoms with Crippen LogP contribution in [0.1, 0.15) is 40.2 Å². The van der Waals surface area contributed by atoms with E-state index < -0.39 is 23.4 Å². The van der Waals surface area contributed by atoms with Gasteiger partial charge in [-0.15, -0.1) is 0 Å². The molecule has 2 aromatic heterocycles. The molecule has 1 amide bonds. The maximum absolute atomic E-state index is 13.4.